The summed E-state index contributed by atoms with van der Waals surface area (Å²) in [5.74, 6) is 0. The van der Waals surface area contributed by atoms with Gasteiger partial charge in [0.1, 0.15) is 6.17 Å². The number of benzene rings is 2. The maximum Gasteiger partial charge on any atom is 0.103 e. The highest BCUT2D eigenvalue weighted by atomic mass is 15.4. The second-order valence-corrected chi connectivity index (χ2v) is 6.96. The van der Waals surface area contributed by atoms with Gasteiger partial charge in [-0.3, -0.25) is 0 Å². The second kappa shape index (κ2) is 5.59. The third-order valence-corrected chi connectivity index (χ3v) is 5.44. The Kier molecular flexibility index (Phi) is 3.87. The fourth-order valence-corrected chi connectivity index (χ4v) is 3.70. The van der Waals surface area contributed by atoms with Crippen LogP contribution in [0.1, 0.15) is 41.7 Å². The van der Waals surface area contributed by atoms with E-state index in [0.29, 0.717) is 6.17 Å². The molecule has 0 spiro atoms. The molecule has 0 bridgehead atoms. The first-order valence-electron chi connectivity index (χ1n) is 8.58. The Morgan fingerprint density at radius 2 is 1.48 bits per heavy atom. The van der Waals surface area contributed by atoms with Crippen molar-refractivity contribution in [3.63, 3.8) is 0 Å². The lowest BCUT2D eigenvalue weighted by Crippen LogP contribution is -2.36. The third kappa shape index (κ3) is 2.41. The van der Waals surface area contributed by atoms with Gasteiger partial charge in [-0.2, -0.15) is 0 Å². The zero-order valence-electron chi connectivity index (χ0n) is 15.5. The minimum atomic E-state index is 0.330. The van der Waals surface area contributed by atoms with Crippen LogP contribution in [-0.2, 0) is 6.42 Å². The first kappa shape index (κ1) is 15.9. The summed E-state index contributed by atoms with van der Waals surface area (Å²) >= 11 is 0. The van der Waals surface area contributed by atoms with Crippen LogP contribution in [0, 0.1) is 27.7 Å². The van der Waals surface area contributed by atoms with Gasteiger partial charge in [0.05, 0.1) is 11.4 Å². The second-order valence-electron chi connectivity index (χ2n) is 6.96. The number of fused-ring (bicyclic) bond motifs is 1. The maximum absolute atomic E-state index is 2.50. The Bertz CT molecular complexity index is 761. The molecule has 0 saturated heterocycles. The molecule has 1 heterocycles. The van der Waals surface area contributed by atoms with Crippen molar-refractivity contribution in [2.45, 2.75) is 54.1 Å². The molecule has 23 heavy (non-hydrogen) atoms. The normalized spacial score (nSPS) is 16.9. The van der Waals surface area contributed by atoms with Crippen molar-refractivity contribution in [2.75, 3.05) is 16.8 Å². The molecule has 2 nitrogen and oxygen atoms in total. The Balaban J connectivity index is 2.23. The quantitative estimate of drug-likeness (QED) is 0.731. The fourth-order valence-electron chi connectivity index (χ4n) is 3.70. The monoisotopic (exact) mass is 308 g/mol. The summed E-state index contributed by atoms with van der Waals surface area (Å²) in [7, 11) is 2.20. The van der Waals surface area contributed by atoms with E-state index < -0.39 is 0 Å². The van der Waals surface area contributed by atoms with Crippen molar-refractivity contribution >= 4 is 17.1 Å². The van der Waals surface area contributed by atoms with Gasteiger partial charge in [-0.15, -0.1) is 0 Å². The number of aryl methyl sites for hydroxylation is 4. The van der Waals surface area contributed by atoms with Crippen molar-refractivity contribution in [3.05, 3.63) is 52.1 Å². The molecule has 1 aliphatic heterocycles. The molecule has 2 aromatic rings. The average Bonchev–Trinajstić information content (AvgIpc) is 2.74. The van der Waals surface area contributed by atoms with Crippen LogP contribution in [0.3, 0.4) is 0 Å². The number of rotatable bonds is 2. The van der Waals surface area contributed by atoms with Gasteiger partial charge >= 0.3 is 0 Å². The summed E-state index contributed by atoms with van der Waals surface area (Å²) in [5, 5.41) is 0. The zero-order chi connectivity index (χ0) is 16.9. The van der Waals surface area contributed by atoms with Gasteiger partial charge in [0, 0.05) is 12.7 Å². The highest BCUT2D eigenvalue weighted by molar-refractivity contribution is 5.85. The molecule has 0 amide bonds. The molecule has 2 aromatic carbocycles. The molecule has 0 radical (unpaired) electrons. The smallest absolute Gasteiger partial charge is 0.103 e. The zero-order valence-corrected chi connectivity index (χ0v) is 15.5. The number of hydrogen-bond acceptors (Lipinski definition) is 2. The van der Waals surface area contributed by atoms with Crippen LogP contribution in [0.15, 0.2) is 24.3 Å². The molecular formula is C21H28N2. The maximum atomic E-state index is 2.50. The third-order valence-electron chi connectivity index (χ3n) is 5.44. The molecule has 1 aliphatic rings. The summed E-state index contributed by atoms with van der Waals surface area (Å²) in [5.41, 5.74) is 10.9. The lowest BCUT2D eigenvalue weighted by atomic mass is 9.99. The molecule has 0 N–H and O–H groups in total. The van der Waals surface area contributed by atoms with E-state index >= 15 is 0 Å². The van der Waals surface area contributed by atoms with Crippen LogP contribution in [0.25, 0.3) is 0 Å². The van der Waals surface area contributed by atoms with Crippen LogP contribution < -0.4 is 9.80 Å². The predicted molar refractivity (Wildman–Crippen MR) is 101 cm³/mol. The van der Waals surface area contributed by atoms with Crippen molar-refractivity contribution in [1.82, 2.24) is 0 Å². The van der Waals surface area contributed by atoms with E-state index in [9.17, 15) is 0 Å². The Morgan fingerprint density at radius 3 is 2.09 bits per heavy atom. The van der Waals surface area contributed by atoms with E-state index in [1.165, 1.54) is 44.9 Å². The minimum Gasteiger partial charge on any atom is -0.353 e. The van der Waals surface area contributed by atoms with E-state index in [1.54, 1.807) is 0 Å². The molecule has 0 aliphatic carbocycles. The standard InChI is InChI=1S/C21H28N2/c1-8-18-9-13(2)10-19(16(18)5)23-17(6)22(7)20-11-14(3)15(4)12-21(20)23/h9-12,17H,8H2,1-7H3/t17-/m0/s1. The molecule has 0 aromatic heterocycles. The Hall–Kier alpha value is -1.96. The first-order valence-corrected chi connectivity index (χ1v) is 8.58. The lowest BCUT2D eigenvalue weighted by Gasteiger charge is -2.30. The molecule has 3 rings (SSSR count). The molecule has 0 saturated carbocycles. The highest BCUT2D eigenvalue weighted by Crippen LogP contribution is 2.46. The summed E-state index contributed by atoms with van der Waals surface area (Å²) in [6.07, 6.45) is 1.41. The average molecular weight is 308 g/mol. The van der Waals surface area contributed by atoms with Crippen molar-refractivity contribution in [3.8, 4) is 0 Å². The number of anilines is 3. The SMILES string of the molecule is CCc1cc(C)cc(N2c3cc(C)c(C)cc3N(C)[C@@H]2C)c1C. The molecule has 0 fully saturated rings. The Morgan fingerprint density at radius 1 is 0.870 bits per heavy atom. The van der Waals surface area contributed by atoms with E-state index in [1.807, 2.05) is 0 Å². The van der Waals surface area contributed by atoms with Crippen molar-refractivity contribution < 1.29 is 0 Å². The van der Waals surface area contributed by atoms with E-state index in [0.717, 1.165) is 6.42 Å². The molecule has 2 heteroatoms. The van der Waals surface area contributed by atoms with Gasteiger partial charge in [-0.05, 0) is 87.1 Å². The first-order chi connectivity index (χ1) is 10.8. The molecular weight excluding hydrogens is 280 g/mol. The van der Waals surface area contributed by atoms with Gasteiger partial charge in [0.25, 0.3) is 0 Å². The predicted octanol–water partition coefficient (Wildman–Crippen LogP) is 5.42. The van der Waals surface area contributed by atoms with Crippen LogP contribution in [-0.4, -0.2) is 13.2 Å². The van der Waals surface area contributed by atoms with E-state index in [2.05, 4.69) is 82.7 Å². The summed E-state index contributed by atoms with van der Waals surface area (Å²) < 4.78 is 0. The number of nitrogens with zero attached hydrogens (tertiary/aromatic N) is 2. The fraction of sp³-hybridized carbons (Fsp3) is 0.429. The largest absolute Gasteiger partial charge is 0.353 e. The summed E-state index contributed by atoms with van der Waals surface area (Å²) in [6.45, 7) is 13.4. The molecule has 122 valence electrons. The van der Waals surface area contributed by atoms with E-state index in [-0.39, 0.29) is 0 Å². The summed E-state index contributed by atoms with van der Waals surface area (Å²) in [4.78, 5) is 4.89. The Labute approximate surface area is 140 Å². The van der Waals surface area contributed by atoms with E-state index in [4.69, 9.17) is 0 Å². The topological polar surface area (TPSA) is 6.48 Å². The number of hydrogen-bond donors (Lipinski definition) is 0. The van der Waals surface area contributed by atoms with Crippen LogP contribution in [0.4, 0.5) is 17.1 Å². The minimum absolute atomic E-state index is 0.330. The van der Waals surface area contributed by atoms with Crippen LogP contribution >= 0.6 is 0 Å². The van der Waals surface area contributed by atoms with Gasteiger partial charge in [0.15, 0.2) is 0 Å². The molecule has 0 unspecified atom stereocenters. The van der Waals surface area contributed by atoms with Crippen molar-refractivity contribution in [2.24, 2.45) is 0 Å². The van der Waals surface area contributed by atoms with Crippen LogP contribution in [0.5, 0.6) is 0 Å². The van der Waals surface area contributed by atoms with Gasteiger partial charge in [-0.25, -0.2) is 0 Å². The van der Waals surface area contributed by atoms with Crippen LogP contribution in [0.2, 0.25) is 0 Å². The van der Waals surface area contributed by atoms with Gasteiger partial charge in [-0.1, -0.05) is 13.0 Å². The lowest BCUT2D eigenvalue weighted by molar-refractivity contribution is 0.731. The van der Waals surface area contributed by atoms with Gasteiger partial charge in [0.2, 0.25) is 0 Å². The molecule has 1 atom stereocenters. The van der Waals surface area contributed by atoms with Crippen molar-refractivity contribution in [1.29, 1.82) is 0 Å². The summed E-state index contributed by atoms with van der Waals surface area (Å²) in [6, 6.07) is 9.33. The highest BCUT2D eigenvalue weighted by Gasteiger charge is 2.33. The van der Waals surface area contributed by atoms with Gasteiger partial charge < -0.3 is 9.80 Å².